The van der Waals surface area contributed by atoms with Crippen molar-refractivity contribution in [3.8, 4) is 0 Å². The second kappa shape index (κ2) is 9.21. The fraction of sp³-hybridized carbons (Fsp3) is 0.684. The third-order valence-corrected chi connectivity index (χ3v) is 4.68. The average Bonchev–Trinajstić information content (AvgIpc) is 2.87. The minimum absolute atomic E-state index is 0.00447. The van der Waals surface area contributed by atoms with Crippen LogP contribution in [0, 0.1) is 5.41 Å². The highest BCUT2D eigenvalue weighted by molar-refractivity contribution is 5.89. The van der Waals surface area contributed by atoms with Crippen LogP contribution in [0.4, 0.5) is 5.82 Å². The second-order valence-corrected chi connectivity index (χ2v) is 8.42. The molecular weight excluding hydrogens is 398 g/mol. The Bertz CT molecular complexity index is 830. The van der Waals surface area contributed by atoms with E-state index in [2.05, 4.69) is 10.3 Å². The van der Waals surface area contributed by atoms with Gasteiger partial charge in [-0.3, -0.25) is 14.2 Å². The Morgan fingerprint density at radius 3 is 2.60 bits per heavy atom. The molecule has 1 aromatic heterocycles. The quantitative estimate of drug-likeness (QED) is 0.334. The minimum Gasteiger partial charge on any atom is -0.465 e. The number of nitrogens with zero attached hydrogens (tertiary/aromatic N) is 2. The third kappa shape index (κ3) is 5.42. The maximum absolute atomic E-state index is 12.3. The van der Waals surface area contributed by atoms with E-state index in [1.807, 2.05) is 0 Å². The molecule has 1 amide bonds. The van der Waals surface area contributed by atoms with Gasteiger partial charge in [0.2, 0.25) is 5.91 Å². The summed E-state index contributed by atoms with van der Waals surface area (Å²) in [7, 11) is 0. The van der Waals surface area contributed by atoms with Crippen LogP contribution in [0.15, 0.2) is 17.1 Å². The number of rotatable bonds is 7. The lowest BCUT2D eigenvalue weighted by atomic mass is 9.96. The van der Waals surface area contributed by atoms with E-state index in [0.717, 1.165) is 4.57 Å². The standard InChI is InChI=1S/C19H29N3O8/c1-18(2,3)16(26)29-9-5-6-13(24)20-12-7-8-22(17(27)21-12)15-19(4,28)14(25)11(10-23)30-15/h7-8,11,14-15,23,25,28H,5-6,9-10H2,1-4H3,(H,20,21,24,27)/t11-,14-,15-,19-/m1/s1. The van der Waals surface area contributed by atoms with E-state index in [9.17, 15) is 29.7 Å². The second-order valence-electron chi connectivity index (χ2n) is 8.42. The van der Waals surface area contributed by atoms with Gasteiger partial charge in [0.1, 0.15) is 23.6 Å². The molecule has 0 bridgehead atoms. The van der Waals surface area contributed by atoms with Gasteiger partial charge in [0.25, 0.3) is 0 Å². The number of aromatic nitrogens is 2. The number of nitrogens with one attached hydrogen (secondary N) is 1. The Morgan fingerprint density at radius 2 is 2.07 bits per heavy atom. The number of ether oxygens (including phenoxy) is 2. The van der Waals surface area contributed by atoms with Crippen LogP contribution in [0.1, 0.15) is 46.8 Å². The van der Waals surface area contributed by atoms with Crippen LogP contribution in [0.5, 0.6) is 0 Å². The highest BCUT2D eigenvalue weighted by Crippen LogP contribution is 2.37. The van der Waals surface area contributed by atoms with E-state index in [4.69, 9.17) is 9.47 Å². The smallest absolute Gasteiger partial charge is 0.351 e. The first-order valence-electron chi connectivity index (χ1n) is 9.61. The van der Waals surface area contributed by atoms with Crippen LogP contribution in [0.25, 0.3) is 0 Å². The van der Waals surface area contributed by atoms with Crippen molar-refractivity contribution in [2.75, 3.05) is 18.5 Å². The number of hydrogen-bond acceptors (Lipinski definition) is 9. The maximum atomic E-state index is 12.3. The van der Waals surface area contributed by atoms with Gasteiger partial charge < -0.3 is 30.1 Å². The minimum atomic E-state index is -1.83. The summed E-state index contributed by atoms with van der Waals surface area (Å²) in [6.07, 6.45) is -2.07. The first-order chi connectivity index (χ1) is 13.9. The summed E-state index contributed by atoms with van der Waals surface area (Å²) in [6.45, 7) is 6.05. The molecule has 1 aromatic rings. The molecule has 1 fully saturated rings. The summed E-state index contributed by atoms with van der Waals surface area (Å²) in [5.41, 5.74) is -3.26. The molecule has 11 heteroatoms. The molecular formula is C19H29N3O8. The van der Waals surface area contributed by atoms with E-state index in [1.54, 1.807) is 20.8 Å². The largest absolute Gasteiger partial charge is 0.465 e. The van der Waals surface area contributed by atoms with Gasteiger partial charge in [-0.1, -0.05) is 0 Å². The highest BCUT2D eigenvalue weighted by atomic mass is 16.6. The van der Waals surface area contributed by atoms with Crippen LogP contribution in [-0.2, 0) is 19.1 Å². The number of amides is 1. The number of carbonyl (C=O) groups excluding carboxylic acids is 2. The van der Waals surface area contributed by atoms with Crippen LogP contribution in [0.3, 0.4) is 0 Å². The predicted molar refractivity (Wildman–Crippen MR) is 104 cm³/mol. The molecule has 30 heavy (non-hydrogen) atoms. The number of aliphatic hydroxyl groups is 3. The molecule has 1 aliphatic rings. The van der Waals surface area contributed by atoms with Gasteiger partial charge >= 0.3 is 11.7 Å². The molecule has 4 atom stereocenters. The molecule has 11 nitrogen and oxygen atoms in total. The van der Waals surface area contributed by atoms with Crippen molar-refractivity contribution in [2.45, 2.75) is 64.6 Å². The van der Waals surface area contributed by atoms with Crippen molar-refractivity contribution in [3.05, 3.63) is 22.7 Å². The number of hydrogen-bond donors (Lipinski definition) is 4. The molecule has 0 aliphatic carbocycles. The van der Waals surface area contributed by atoms with Crippen LogP contribution >= 0.6 is 0 Å². The molecule has 168 valence electrons. The zero-order valence-corrected chi connectivity index (χ0v) is 17.5. The van der Waals surface area contributed by atoms with Crippen LogP contribution < -0.4 is 11.0 Å². The summed E-state index contributed by atoms with van der Waals surface area (Å²) in [4.78, 5) is 39.7. The lowest BCUT2D eigenvalue weighted by Gasteiger charge is -2.27. The molecule has 2 rings (SSSR count). The van der Waals surface area contributed by atoms with Gasteiger partial charge in [-0.2, -0.15) is 4.98 Å². The topological polar surface area (TPSA) is 160 Å². The Hall–Kier alpha value is -2.34. The molecule has 4 N–H and O–H groups in total. The summed E-state index contributed by atoms with van der Waals surface area (Å²) in [6, 6.07) is 1.34. The van der Waals surface area contributed by atoms with Crippen molar-refractivity contribution in [1.29, 1.82) is 0 Å². The molecule has 1 saturated heterocycles. The van der Waals surface area contributed by atoms with E-state index in [0.29, 0.717) is 6.42 Å². The lowest BCUT2D eigenvalue weighted by Crippen LogP contribution is -2.46. The van der Waals surface area contributed by atoms with E-state index < -0.39 is 47.7 Å². The van der Waals surface area contributed by atoms with Crippen LogP contribution in [0.2, 0.25) is 0 Å². The van der Waals surface area contributed by atoms with Gasteiger partial charge in [0.05, 0.1) is 18.6 Å². The lowest BCUT2D eigenvalue weighted by molar-refractivity contribution is -0.153. The molecule has 0 radical (unpaired) electrons. The van der Waals surface area contributed by atoms with Gasteiger partial charge in [0, 0.05) is 12.6 Å². The van der Waals surface area contributed by atoms with E-state index in [1.165, 1.54) is 19.2 Å². The average molecular weight is 427 g/mol. The summed E-state index contributed by atoms with van der Waals surface area (Å²) < 4.78 is 11.4. The Kier molecular flexibility index (Phi) is 7.35. The van der Waals surface area contributed by atoms with Gasteiger partial charge in [0.15, 0.2) is 6.23 Å². The summed E-state index contributed by atoms with van der Waals surface area (Å²) in [5.74, 6) is -0.761. The molecule has 0 saturated carbocycles. The molecule has 0 spiro atoms. The van der Waals surface area contributed by atoms with Gasteiger partial charge in [-0.05, 0) is 40.2 Å². The number of aliphatic hydroxyl groups excluding tert-OH is 2. The van der Waals surface area contributed by atoms with Crippen LogP contribution in [-0.4, -0.2) is 67.8 Å². The zero-order chi connectivity index (χ0) is 22.7. The van der Waals surface area contributed by atoms with Crippen molar-refractivity contribution in [3.63, 3.8) is 0 Å². The molecule has 2 heterocycles. The number of esters is 1. The molecule has 0 aromatic carbocycles. The molecule has 1 aliphatic heterocycles. The third-order valence-electron chi connectivity index (χ3n) is 4.68. The van der Waals surface area contributed by atoms with E-state index >= 15 is 0 Å². The van der Waals surface area contributed by atoms with Crippen molar-refractivity contribution >= 4 is 17.7 Å². The molecule has 0 unspecified atom stereocenters. The Morgan fingerprint density at radius 1 is 1.40 bits per heavy atom. The number of carbonyl (C=O) groups is 2. The normalized spacial score (nSPS) is 26.4. The van der Waals surface area contributed by atoms with Crippen molar-refractivity contribution in [2.24, 2.45) is 5.41 Å². The zero-order valence-electron chi connectivity index (χ0n) is 17.5. The van der Waals surface area contributed by atoms with E-state index in [-0.39, 0.29) is 24.8 Å². The Labute approximate surface area is 173 Å². The van der Waals surface area contributed by atoms with Crippen molar-refractivity contribution in [1.82, 2.24) is 9.55 Å². The number of anilines is 1. The van der Waals surface area contributed by atoms with Crippen molar-refractivity contribution < 1.29 is 34.4 Å². The summed E-state index contributed by atoms with van der Waals surface area (Å²) in [5, 5.41) is 32.2. The first-order valence-corrected chi connectivity index (χ1v) is 9.61. The fourth-order valence-electron chi connectivity index (χ4n) is 2.87. The fourth-order valence-corrected chi connectivity index (χ4v) is 2.87. The first kappa shape index (κ1) is 23.9. The maximum Gasteiger partial charge on any atom is 0.351 e. The monoisotopic (exact) mass is 427 g/mol. The Balaban J connectivity index is 1.94. The predicted octanol–water partition coefficient (Wildman–Crippen LogP) is -0.447. The highest BCUT2D eigenvalue weighted by Gasteiger charge is 2.53. The summed E-state index contributed by atoms with van der Waals surface area (Å²) >= 11 is 0. The van der Waals surface area contributed by atoms with Gasteiger partial charge in [-0.25, -0.2) is 4.79 Å². The SMILES string of the molecule is CC(C)(C)C(=O)OCCCC(=O)Nc1ccn([C@@H]2O[C@H](CO)[C@@H](O)[C@@]2(C)O)c(=O)n1. The van der Waals surface area contributed by atoms with Gasteiger partial charge in [-0.15, -0.1) is 0 Å².